The van der Waals surface area contributed by atoms with Gasteiger partial charge in [-0.1, -0.05) is 0 Å². The second-order valence-electron chi connectivity index (χ2n) is 3.45. The minimum atomic E-state index is -2.70. The van der Waals surface area contributed by atoms with Gasteiger partial charge >= 0.3 is 0 Å². The molecule has 1 aromatic rings. The Hall–Kier alpha value is -1.01. The van der Waals surface area contributed by atoms with Gasteiger partial charge in [0.25, 0.3) is 6.43 Å². The number of alkyl halides is 2. The minimum absolute atomic E-state index is 0.123. The van der Waals surface area contributed by atoms with E-state index in [0.29, 0.717) is 6.54 Å². The van der Waals surface area contributed by atoms with E-state index in [-0.39, 0.29) is 6.54 Å². The lowest BCUT2D eigenvalue weighted by atomic mass is 10.2. The summed E-state index contributed by atoms with van der Waals surface area (Å²) in [6.45, 7) is 4.00. The van der Waals surface area contributed by atoms with Crippen LogP contribution in [0.5, 0.6) is 0 Å². The monoisotopic (exact) mass is 219 g/mol. The normalized spacial score (nSPS) is 13.5. The SMILES string of the molecule is Cc1n[nH]c(C)c1CNCC(O)C(F)F. The van der Waals surface area contributed by atoms with Crippen LogP contribution >= 0.6 is 0 Å². The van der Waals surface area contributed by atoms with Gasteiger partial charge in [0.1, 0.15) is 6.10 Å². The van der Waals surface area contributed by atoms with Gasteiger partial charge in [0.15, 0.2) is 0 Å². The summed E-state index contributed by atoms with van der Waals surface area (Å²) >= 11 is 0. The summed E-state index contributed by atoms with van der Waals surface area (Å²) in [5.74, 6) is 0. The van der Waals surface area contributed by atoms with E-state index < -0.39 is 12.5 Å². The van der Waals surface area contributed by atoms with Crippen LogP contribution in [-0.2, 0) is 6.54 Å². The molecular weight excluding hydrogens is 204 g/mol. The summed E-state index contributed by atoms with van der Waals surface area (Å²) in [5.41, 5.74) is 2.70. The van der Waals surface area contributed by atoms with Gasteiger partial charge in [-0.25, -0.2) is 8.78 Å². The number of halogens is 2. The van der Waals surface area contributed by atoms with Crippen LogP contribution in [0, 0.1) is 13.8 Å². The lowest BCUT2D eigenvalue weighted by Crippen LogP contribution is -2.31. The third kappa shape index (κ3) is 3.24. The Kier molecular flexibility index (Phi) is 4.16. The van der Waals surface area contributed by atoms with Crippen molar-refractivity contribution in [3.63, 3.8) is 0 Å². The highest BCUT2D eigenvalue weighted by molar-refractivity contribution is 5.22. The number of aliphatic hydroxyl groups is 1. The molecule has 0 spiro atoms. The van der Waals surface area contributed by atoms with Crippen LogP contribution in [0.1, 0.15) is 17.0 Å². The molecule has 0 radical (unpaired) electrons. The number of hydrogen-bond acceptors (Lipinski definition) is 3. The molecule has 1 heterocycles. The summed E-state index contributed by atoms with van der Waals surface area (Å²) in [5, 5.41) is 18.4. The van der Waals surface area contributed by atoms with Crippen LogP contribution in [0.2, 0.25) is 0 Å². The van der Waals surface area contributed by atoms with Gasteiger partial charge in [0, 0.05) is 24.3 Å². The molecule has 0 aliphatic carbocycles. The quantitative estimate of drug-likeness (QED) is 0.684. The zero-order chi connectivity index (χ0) is 11.4. The van der Waals surface area contributed by atoms with Crippen LogP contribution in [0.3, 0.4) is 0 Å². The van der Waals surface area contributed by atoms with E-state index in [9.17, 15) is 8.78 Å². The van der Waals surface area contributed by atoms with Gasteiger partial charge in [-0.2, -0.15) is 5.10 Å². The predicted molar refractivity (Wildman–Crippen MR) is 51.8 cm³/mol. The summed E-state index contributed by atoms with van der Waals surface area (Å²) in [6.07, 6.45) is -4.32. The molecule has 0 aromatic carbocycles. The maximum absolute atomic E-state index is 11.9. The van der Waals surface area contributed by atoms with Crippen molar-refractivity contribution in [3.05, 3.63) is 17.0 Å². The summed E-state index contributed by atoms with van der Waals surface area (Å²) in [7, 11) is 0. The Balaban J connectivity index is 2.38. The van der Waals surface area contributed by atoms with Gasteiger partial charge in [0.2, 0.25) is 0 Å². The maximum atomic E-state index is 11.9. The van der Waals surface area contributed by atoms with Crippen LogP contribution in [-0.4, -0.2) is 34.4 Å². The Morgan fingerprint density at radius 3 is 2.60 bits per heavy atom. The number of aromatic amines is 1. The highest BCUT2D eigenvalue weighted by Gasteiger charge is 2.16. The van der Waals surface area contributed by atoms with Crippen molar-refractivity contribution < 1.29 is 13.9 Å². The average Bonchev–Trinajstić information content (AvgIpc) is 2.48. The minimum Gasteiger partial charge on any atom is -0.386 e. The number of aliphatic hydroxyl groups excluding tert-OH is 1. The molecule has 0 saturated heterocycles. The second kappa shape index (κ2) is 5.18. The Labute approximate surface area is 86.7 Å². The van der Waals surface area contributed by atoms with Gasteiger partial charge < -0.3 is 10.4 Å². The maximum Gasteiger partial charge on any atom is 0.265 e. The van der Waals surface area contributed by atoms with E-state index in [0.717, 1.165) is 17.0 Å². The third-order valence-corrected chi connectivity index (χ3v) is 2.23. The van der Waals surface area contributed by atoms with Gasteiger partial charge in [-0.15, -0.1) is 0 Å². The summed E-state index contributed by atoms with van der Waals surface area (Å²) in [4.78, 5) is 0. The van der Waals surface area contributed by atoms with Crippen molar-refractivity contribution in [2.24, 2.45) is 0 Å². The van der Waals surface area contributed by atoms with Crippen LogP contribution in [0.4, 0.5) is 8.78 Å². The van der Waals surface area contributed by atoms with E-state index in [1.54, 1.807) is 0 Å². The number of rotatable bonds is 5. The van der Waals surface area contributed by atoms with E-state index in [1.807, 2.05) is 13.8 Å². The molecule has 1 unspecified atom stereocenters. The van der Waals surface area contributed by atoms with Crippen LogP contribution in [0.25, 0.3) is 0 Å². The topological polar surface area (TPSA) is 60.9 Å². The first-order chi connectivity index (χ1) is 7.02. The fourth-order valence-electron chi connectivity index (χ4n) is 1.27. The standard InChI is InChI=1S/C9H15F2N3O/c1-5-7(6(2)14-13-5)3-12-4-8(15)9(10)11/h8-9,12,15H,3-4H2,1-2H3,(H,13,14). The molecule has 0 aliphatic heterocycles. The predicted octanol–water partition coefficient (Wildman–Crippen LogP) is 0.742. The molecule has 86 valence electrons. The van der Waals surface area contributed by atoms with Crippen molar-refractivity contribution in [3.8, 4) is 0 Å². The molecule has 1 aromatic heterocycles. The van der Waals surface area contributed by atoms with Gasteiger partial charge in [-0.05, 0) is 13.8 Å². The number of nitrogens with one attached hydrogen (secondary N) is 2. The van der Waals surface area contributed by atoms with Crippen molar-refractivity contribution in [1.29, 1.82) is 0 Å². The van der Waals surface area contributed by atoms with Crippen LogP contribution in [0.15, 0.2) is 0 Å². The fraction of sp³-hybridized carbons (Fsp3) is 0.667. The van der Waals surface area contributed by atoms with Crippen molar-refractivity contribution in [2.75, 3.05) is 6.54 Å². The molecule has 1 rings (SSSR count). The highest BCUT2D eigenvalue weighted by Crippen LogP contribution is 2.08. The van der Waals surface area contributed by atoms with Crippen molar-refractivity contribution >= 4 is 0 Å². The smallest absolute Gasteiger partial charge is 0.265 e. The number of H-pyrrole nitrogens is 1. The first-order valence-electron chi connectivity index (χ1n) is 4.69. The average molecular weight is 219 g/mol. The van der Waals surface area contributed by atoms with Crippen molar-refractivity contribution in [1.82, 2.24) is 15.5 Å². The van der Waals surface area contributed by atoms with Crippen LogP contribution < -0.4 is 5.32 Å². The summed E-state index contributed by atoms with van der Waals surface area (Å²) in [6, 6.07) is 0. The number of nitrogens with zero attached hydrogens (tertiary/aromatic N) is 1. The van der Waals surface area contributed by atoms with E-state index in [4.69, 9.17) is 5.11 Å². The Bertz CT molecular complexity index is 295. The molecule has 0 aliphatic rings. The number of hydrogen-bond donors (Lipinski definition) is 3. The highest BCUT2D eigenvalue weighted by atomic mass is 19.3. The number of aromatic nitrogens is 2. The first-order valence-corrected chi connectivity index (χ1v) is 4.69. The zero-order valence-corrected chi connectivity index (χ0v) is 8.72. The molecule has 1 atom stereocenters. The molecule has 6 heteroatoms. The molecule has 0 amide bonds. The van der Waals surface area contributed by atoms with E-state index in [1.165, 1.54) is 0 Å². The fourth-order valence-corrected chi connectivity index (χ4v) is 1.27. The number of aryl methyl sites for hydroxylation is 2. The van der Waals surface area contributed by atoms with E-state index in [2.05, 4.69) is 15.5 Å². The first kappa shape index (κ1) is 12.1. The Morgan fingerprint density at radius 1 is 1.47 bits per heavy atom. The zero-order valence-electron chi connectivity index (χ0n) is 8.72. The third-order valence-electron chi connectivity index (χ3n) is 2.23. The van der Waals surface area contributed by atoms with E-state index >= 15 is 0 Å². The summed E-state index contributed by atoms with van der Waals surface area (Å²) < 4.78 is 23.9. The molecule has 15 heavy (non-hydrogen) atoms. The molecular formula is C9H15F2N3O. The molecule has 0 fully saturated rings. The molecule has 0 bridgehead atoms. The largest absolute Gasteiger partial charge is 0.386 e. The van der Waals surface area contributed by atoms with Gasteiger partial charge in [0.05, 0.1) is 5.69 Å². The molecule has 0 saturated carbocycles. The lowest BCUT2D eigenvalue weighted by molar-refractivity contribution is -0.00341. The van der Waals surface area contributed by atoms with Gasteiger partial charge in [-0.3, -0.25) is 5.10 Å². The second-order valence-corrected chi connectivity index (χ2v) is 3.45. The van der Waals surface area contributed by atoms with Crippen molar-refractivity contribution in [2.45, 2.75) is 32.9 Å². The Morgan fingerprint density at radius 2 is 2.13 bits per heavy atom. The molecule has 3 N–H and O–H groups in total. The molecule has 4 nitrogen and oxygen atoms in total. The lowest BCUT2D eigenvalue weighted by Gasteiger charge is -2.10.